The van der Waals surface area contributed by atoms with Gasteiger partial charge in [-0.25, -0.2) is 0 Å². The van der Waals surface area contributed by atoms with Crippen molar-refractivity contribution in [1.82, 2.24) is 4.98 Å². The van der Waals surface area contributed by atoms with Crippen LogP contribution in [-0.2, 0) is 4.79 Å². The summed E-state index contributed by atoms with van der Waals surface area (Å²) in [6, 6.07) is 10.9. The van der Waals surface area contributed by atoms with Crippen LogP contribution in [0.2, 0.25) is 0 Å². The number of halogens is 1. The second-order valence-corrected chi connectivity index (χ2v) is 5.98. The van der Waals surface area contributed by atoms with E-state index in [1.807, 2.05) is 0 Å². The SMILES string of the molecule is O=C(COc1ccc([N+](=O)[O-])cc1Br)N=Nc1c(O)[nH]c2ccccc12. The summed E-state index contributed by atoms with van der Waals surface area (Å²) in [6.45, 7) is -0.414. The summed E-state index contributed by atoms with van der Waals surface area (Å²) in [5, 5.41) is 28.5. The third-order valence-electron chi connectivity index (χ3n) is 3.40. The van der Waals surface area contributed by atoms with Crippen LogP contribution in [0.5, 0.6) is 11.6 Å². The Morgan fingerprint density at radius 2 is 2.08 bits per heavy atom. The van der Waals surface area contributed by atoms with Gasteiger partial charge in [-0.15, -0.1) is 10.2 Å². The van der Waals surface area contributed by atoms with Crippen molar-refractivity contribution in [2.24, 2.45) is 10.2 Å². The van der Waals surface area contributed by atoms with Crippen LogP contribution in [0.15, 0.2) is 57.2 Å². The van der Waals surface area contributed by atoms with E-state index >= 15 is 0 Å². The Kier molecular flexibility index (Phi) is 4.94. The molecule has 0 unspecified atom stereocenters. The van der Waals surface area contributed by atoms with Crippen molar-refractivity contribution >= 4 is 44.1 Å². The highest BCUT2D eigenvalue weighted by Crippen LogP contribution is 2.35. The van der Waals surface area contributed by atoms with Crippen molar-refractivity contribution in [3.8, 4) is 11.6 Å². The number of amides is 1. The molecule has 3 rings (SSSR count). The first kappa shape index (κ1) is 17.5. The maximum atomic E-state index is 11.8. The lowest BCUT2D eigenvalue weighted by Crippen LogP contribution is -2.08. The number of nitrogens with one attached hydrogen (secondary N) is 1. The van der Waals surface area contributed by atoms with Crippen LogP contribution >= 0.6 is 15.9 Å². The molecule has 132 valence electrons. The Labute approximate surface area is 154 Å². The summed E-state index contributed by atoms with van der Waals surface area (Å²) < 4.78 is 5.62. The first-order valence-corrected chi connectivity index (χ1v) is 8.06. The number of para-hydroxylation sites is 1. The zero-order valence-electron chi connectivity index (χ0n) is 13.0. The molecule has 0 saturated carbocycles. The summed E-state index contributed by atoms with van der Waals surface area (Å²) in [5.41, 5.74) is 0.716. The number of fused-ring (bicyclic) bond motifs is 1. The van der Waals surface area contributed by atoms with Crippen molar-refractivity contribution in [2.75, 3.05) is 6.61 Å². The molecule has 0 atom stereocenters. The predicted octanol–water partition coefficient (Wildman–Crippen LogP) is 4.23. The maximum Gasteiger partial charge on any atom is 0.302 e. The van der Waals surface area contributed by atoms with Gasteiger partial charge in [0.25, 0.3) is 5.69 Å². The number of H-pyrrole nitrogens is 1. The number of nitro benzene ring substituents is 1. The number of carbonyl (C=O) groups is 1. The molecule has 0 bridgehead atoms. The molecule has 0 aliphatic carbocycles. The number of azo groups is 1. The molecule has 0 saturated heterocycles. The quantitative estimate of drug-likeness (QED) is 0.363. The molecule has 2 N–H and O–H groups in total. The number of non-ortho nitro benzene ring substituents is 1. The largest absolute Gasteiger partial charge is 0.493 e. The van der Waals surface area contributed by atoms with E-state index in [0.29, 0.717) is 15.4 Å². The molecule has 9 nitrogen and oxygen atoms in total. The molecule has 0 spiro atoms. The van der Waals surface area contributed by atoms with E-state index in [1.165, 1.54) is 18.2 Å². The predicted molar refractivity (Wildman–Crippen MR) is 95.8 cm³/mol. The minimum absolute atomic E-state index is 0.106. The number of carbonyl (C=O) groups excluding carboxylic acids is 1. The Morgan fingerprint density at radius 3 is 2.81 bits per heavy atom. The highest BCUT2D eigenvalue weighted by atomic mass is 79.9. The third kappa shape index (κ3) is 3.70. The monoisotopic (exact) mass is 418 g/mol. The highest BCUT2D eigenvalue weighted by Gasteiger charge is 2.12. The van der Waals surface area contributed by atoms with Gasteiger partial charge in [0.2, 0.25) is 5.88 Å². The minimum atomic E-state index is -0.681. The lowest BCUT2D eigenvalue weighted by molar-refractivity contribution is -0.384. The molecule has 26 heavy (non-hydrogen) atoms. The van der Waals surface area contributed by atoms with Crippen LogP contribution in [0.4, 0.5) is 11.4 Å². The summed E-state index contributed by atoms with van der Waals surface area (Å²) in [6.07, 6.45) is 0. The zero-order chi connectivity index (χ0) is 18.7. The highest BCUT2D eigenvalue weighted by molar-refractivity contribution is 9.10. The van der Waals surface area contributed by atoms with Crippen molar-refractivity contribution < 1.29 is 19.6 Å². The van der Waals surface area contributed by atoms with E-state index in [2.05, 4.69) is 31.1 Å². The van der Waals surface area contributed by atoms with Gasteiger partial charge in [0, 0.05) is 17.5 Å². The van der Waals surface area contributed by atoms with Crippen LogP contribution < -0.4 is 4.74 Å². The molecular formula is C16H11BrN4O5. The topological polar surface area (TPSA) is 130 Å². The standard InChI is InChI=1S/C16H11BrN4O5/c17-11-7-9(21(24)25)5-6-13(11)26-8-14(22)19-20-15-10-3-1-2-4-12(10)18-16(15)23/h1-7,18,23H,8H2. The first-order chi connectivity index (χ1) is 12.5. The average molecular weight is 419 g/mol. The van der Waals surface area contributed by atoms with E-state index < -0.39 is 17.4 Å². The lowest BCUT2D eigenvalue weighted by atomic mass is 10.2. The fraction of sp³-hybridized carbons (Fsp3) is 0.0625. The molecule has 3 aromatic rings. The second-order valence-electron chi connectivity index (χ2n) is 5.12. The fourth-order valence-corrected chi connectivity index (χ4v) is 2.69. The van der Waals surface area contributed by atoms with Crippen molar-refractivity contribution in [1.29, 1.82) is 0 Å². The molecule has 10 heteroatoms. The van der Waals surface area contributed by atoms with Crippen LogP contribution in [0.1, 0.15) is 0 Å². The van der Waals surface area contributed by atoms with E-state index in [4.69, 9.17) is 4.74 Å². The number of nitrogens with zero attached hydrogens (tertiary/aromatic N) is 3. The van der Waals surface area contributed by atoms with Gasteiger partial charge in [-0.3, -0.25) is 14.9 Å². The molecule has 2 aromatic carbocycles. The lowest BCUT2D eigenvalue weighted by Gasteiger charge is -2.05. The summed E-state index contributed by atoms with van der Waals surface area (Å²) in [7, 11) is 0. The fourth-order valence-electron chi connectivity index (χ4n) is 2.21. The van der Waals surface area contributed by atoms with Crippen molar-refractivity contribution in [2.45, 2.75) is 0 Å². The number of rotatable bonds is 5. The van der Waals surface area contributed by atoms with Gasteiger partial charge in [0.05, 0.1) is 14.9 Å². The molecular weight excluding hydrogens is 408 g/mol. The van der Waals surface area contributed by atoms with Crippen LogP contribution in [-0.4, -0.2) is 27.5 Å². The Bertz CT molecular complexity index is 1030. The van der Waals surface area contributed by atoms with Gasteiger partial charge < -0.3 is 14.8 Å². The maximum absolute atomic E-state index is 11.8. The van der Waals surface area contributed by atoms with Crippen LogP contribution in [0, 0.1) is 10.1 Å². The number of ether oxygens (including phenoxy) is 1. The molecule has 1 aromatic heterocycles. The van der Waals surface area contributed by atoms with Crippen molar-refractivity contribution in [3.05, 3.63) is 57.1 Å². The normalized spacial score (nSPS) is 11.1. The van der Waals surface area contributed by atoms with Gasteiger partial charge in [-0.2, -0.15) is 0 Å². The molecule has 0 aliphatic heterocycles. The van der Waals surface area contributed by atoms with Crippen molar-refractivity contribution in [3.63, 3.8) is 0 Å². The van der Waals surface area contributed by atoms with E-state index in [0.717, 1.165) is 0 Å². The van der Waals surface area contributed by atoms with E-state index in [-0.39, 0.29) is 23.0 Å². The Hall–Kier alpha value is -3.27. The van der Waals surface area contributed by atoms with Gasteiger partial charge in [-0.1, -0.05) is 18.2 Å². The van der Waals surface area contributed by atoms with Gasteiger partial charge in [0.1, 0.15) is 5.75 Å². The van der Waals surface area contributed by atoms with Crippen LogP contribution in [0.25, 0.3) is 10.9 Å². The van der Waals surface area contributed by atoms with E-state index in [9.17, 15) is 20.0 Å². The minimum Gasteiger partial charge on any atom is -0.493 e. The number of aromatic nitrogens is 1. The Balaban J connectivity index is 1.68. The number of hydrogen-bond donors (Lipinski definition) is 2. The Morgan fingerprint density at radius 1 is 1.31 bits per heavy atom. The molecule has 0 radical (unpaired) electrons. The van der Waals surface area contributed by atoms with Gasteiger partial charge in [-0.05, 0) is 28.1 Å². The molecule has 1 heterocycles. The first-order valence-electron chi connectivity index (χ1n) is 7.26. The summed E-state index contributed by atoms with van der Waals surface area (Å²) in [5.74, 6) is -0.615. The van der Waals surface area contributed by atoms with Gasteiger partial charge in [0.15, 0.2) is 12.3 Å². The number of aromatic amines is 1. The van der Waals surface area contributed by atoms with Gasteiger partial charge >= 0.3 is 5.91 Å². The number of aromatic hydroxyl groups is 1. The molecule has 1 amide bonds. The smallest absolute Gasteiger partial charge is 0.302 e. The number of benzene rings is 2. The number of nitro groups is 1. The summed E-state index contributed by atoms with van der Waals surface area (Å²) in [4.78, 5) is 24.7. The molecule has 0 fully saturated rings. The average Bonchev–Trinajstić information content (AvgIpc) is 2.93. The second kappa shape index (κ2) is 7.31. The van der Waals surface area contributed by atoms with Crippen LogP contribution in [0.3, 0.4) is 0 Å². The number of hydrogen-bond acceptors (Lipinski definition) is 6. The molecule has 0 aliphatic rings. The summed E-state index contributed by atoms with van der Waals surface area (Å²) >= 11 is 3.14. The zero-order valence-corrected chi connectivity index (χ0v) is 14.6. The third-order valence-corrected chi connectivity index (χ3v) is 4.02. The van der Waals surface area contributed by atoms with E-state index in [1.54, 1.807) is 24.3 Å².